The summed E-state index contributed by atoms with van der Waals surface area (Å²) in [5.41, 5.74) is -2.90. The Bertz CT molecular complexity index is 1180. The van der Waals surface area contributed by atoms with Crippen LogP contribution >= 0.6 is 0 Å². The summed E-state index contributed by atoms with van der Waals surface area (Å²) in [5.74, 6) is -5.29. The quantitative estimate of drug-likeness (QED) is 0.296. The lowest BCUT2D eigenvalue weighted by atomic mass is 10.1. The predicted molar refractivity (Wildman–Crippen MR) is 90.9 cm³/mol. The summed E-state index contributed by atoms with van der Waals surface area (Å²) in [6, 6.07) is 3.31. The fraction of sp³-hybridized carbons (Fsp3) is 0.222. The third-order valence-electron chi connectivity index (χ3n) is 3.91. The van der Waals surface area contributed by atoms with E-state index in [-0.39, 0.29) is 23.3 Å². The van der Waals surface area contributed by atoms with Crippen molar-refractivity contribution in [1.29, 1.82) is 5.26 Å². The number of carbonyl (C=O) groups excluding carboxylic acids is 4. The van der Waals surface area contributed by atoms with Crippen LogP contribution < -0.4 is 10.4 Å². The standard InChI is InChI=1S/C18H11FN2O9/c1-8(22)27-7-28-16-11(6-20)15-9(5-12(16)19)4-10(17(25)29-15)18(26)30-21-13(23)2-3-14(21)24/h4-5H,2-3,7H2,1H3. The molecule has 1 fully saturated rings. The van der Waals surface area contributed by atoms with Crippen molar-refractivity contribution >= 4 is 34.7 Å². The lowest BCUT2D eigenvalue weighted by Crippen LogP contribution is -2.33. The maximum atomic E-state index is 14.4. The number of esters is 1. The fourth-order valence-electron chi connectivity index (χ4n) is 2.56. The maximum absolute atomic E-state index is 14.4. The molecule has 2 aromatic rings. The summed E-state index contributed by atoms with van der Waals surface area (Å²) >= 11 is 0. The highest BCUT2D eigenvalue weighted by molar-refractivity contribution is 6.03. The van der Waals surface area contributed by atoms with Crippen LogP contribution in [-0.2, 0) is 24.0 Å². The van der Waals surface area contributed by atoms with Crippen LogP contribution in [0.1, 0.15) is 35.7 Å². The normalized spacial score (nSPS) is 13.3. The molecule has 12 heteroatoms. The van der Waals surface area contributed by atoms with Gasteiger partial charge in [0.2, 0.25) is 6.79 Å². The maximum Gasteiger partial charge on any atom is 0.371 e. The van der Waals surface area contributed by atoms with Crippen LogP contribution in [-0.4, -0.2) is 35.6 Å². The van der Waals surface area contributed by atoms with Crippen LogP contribution in [0.2, 0.25) is 0 Å². The number of hydrogen-bond donors (Lipinski definition) is 0. The highest BCUT2D eigenvalue weighted by atomic mass is 19.1. The van der Waals surface area contributed by atoms with Gasteiger partial charge in [0.15, 0.2) is 17.1 Å². The molecule has 11 nitrogen and oxygen atoms in total. The number of carbonyl (C=O) groups is 4. The minimum atomic E-state index is -1.37. The van der Waals surface area contributed by atoms with Crippen LogP contribution in [0.3, 0.4) is 0 Å². The highest BCUT2D eigenvalue weighted by Crippen LogP contribution is 2.31. The third-order valence-corrected chi connectivity index (χ3v) is 3.91. The van der Waals surface area contributed by atoms with E-state index in [9.17, 15) is 33.6 Å². The molecule has 1 aliphatic heterocycles. The molecule has 0 radical (unpaired) electrons. The molecule has 1 saturated heterocycles. The number of fused-ring (bicyclic) bond motifs is 1. The van der Waals surface area contributed by atoms with Gasteiger partial charge in [-0.25, -0.2) is 14.0 Å². The molecule has 1 aliphatic rings. The number of rotatable bonds is 5. The van der Waals surface area contributed by atoms with Crippen molar-refractivity contribution in [2.24, 2.45) is 0 Å². The van der Waals surface area contributed by atoms with Gasteiger partial charge in [-0.2, -0.15) is 5.26 Å². The van der Waals surface area contributed by atoms with Gasteiger partial charge in [-0.05, 0) is 12.1 Å². The monoisotopic (exact) mass is 418 g/mol. The van der Waals surface area contributed by atoms with Gasteiger partial charge in [-0.15, -0.1) is 5.06 Å². The van der Waals surface area contributed by atoms with E-state index in [0.29, 0.717) is 0 Å². The Hall–Kier alpha value is -4.27. The van der Waals surface area contributed by atoms with E-state index in [1.807, 2.05) is 0 Å². The van der Waals surface area contributed by atoms with Crippen molar-refractivity contribution in [3.05, 3.63) is 39.5 Å². The zero-order valence-corrected chi connectivity index (χ0v) is 15.2. The molecular formula is C18H11FN2O9. The fourth-order valence-corrected chi connectivity index (χ4v) is 2.56. The molecule has 2 heterocycles. The zero-order valence-electron chi connectivity index (χ0n) is 15.2. The molecule has 0 atom stereocenters. The first-order chi connectivity index (χ1) is 14.2. The number of imide groups is 1. The average molecular weight is 418 g/mol. The SMILES string of the molecule is CC(=O)OCOc1c(F)cc2cc(C(=O)ON3C(=O)CCC3=O)c(=O)oc2c1C#N. The van der Waals surface area contributed by atoms with Gasteiger partial charge in [-0.3, -0.25) is 14.4 Å². The van der Waals surface area contributed by atoms with E-state index in [1.54, 1.807) is 6.07 Å². The van der Waals surface area contributed by atoms with E-state index in [0.717, 1.165) is 19.1 Å². The Kier molecular flexibility index (Phi) is 5.45. The molecule has 0 saturated carbocycles. The minimum Gasteiger partial charge on any atom is -0.453 e. The first kappa shape index (κ1) is 20.5. The molecule has 154 valence electrons. The summed E-state index contributed by atoms with van der Waals surface area (Å²) in [5, 5.41) is 9.39. The van der Waals surface area contributed by atoms with Gasteiger partial charge in [-0.1, -0.05) is 0 Å². The van der Waals surface area contributed by atoms with Crippen LogP contribution in [0.15, 0.2) is 21.3 Å². The Morgan fingerprint density at radius 2 is 1.90 bits per heavy atom. The van der Waals surface area contributed by atoms with E-state index in [1.165, 1.54) is 0 Å². The van der Waals surface area contributed by atoms with Crippen LogP contribution in [0.5, 0.6) is 5.75 Å². The van der Waals surface area contributed by atoms with Gasteiger partial charge in [0.1, 0.15) is 17.2 Å². The number of halogens is 1. The summed E-state index contributed by atoms with van der Waals surface area (Å²) in [4.78, 5) is 62.9. The van der Waals surface area contributed by atoms with E-state index in [2.05, 4.69) is 9.57 Å². The lowest BCUT2D eigenvalue weighted by molar-refractivity contribution is -0.172. The first-order valence-corrected chi connectivity index (χ1v) is 8.27. The number of hydrogen-bond acceptors (Lipinski definition) is 10. The smallest absolute Gasteiger partial charge is 0.371 e. The number of nitriles is 1. The molecule has 0 unspecified atom stereocenters. The molecule has 0 N–H and O–H groups in total. The number of ether oxygens (including phenoxy) is 2. The van der Waals surface area contributed by atoms with Crippen LogP contribution in [0, 0.1) is 17.1 Å². The van der Waals surface area contributed by atoms with Crippen molar-refractivity contribution in [3.8, 4) is 11.8 Å². The highest BCUT2D eigenvalue weighted by Gasteiger charge is 2.34. The van der Waals surface area contributed by atoms with E-state index < -0.39 is 64.4 Å². The molecule has 0 spiro atoms. The van der Waals surface area contributed by atoms with Gasteiger partial charge in [0, 0.05) is 25.2 Å². The zero-order chi connectivity index (χ0) is 22.0. The second-order valence-electron chi connectivity index (χ2n) is 5.90. The largest absolute Gasteiger partial charge is 0.453 e. The van der Waals surface area contributed by atoms with Crippen LogP contribution in [0.4, 0.5) is 4.39 Å². The van der Waals surface area contributed by atoms with Crippen molar-refractivity contribution in [2.45, 2.75) is 19.8 Å². The molecule has 3 rings (SSSR count). The summed E-state index contributed by atoms with van der Waals surface area (Å²) < 4.78 is 28.8. The second kappa shape index (κ2) is 8.00. The van der Waals surface area contributed by atoms with Gasteiger partial charge in [0.25, 0.3) is 11.8 Å². The lowest BCUT2D eigenvalue weighted by Gasteiger charge is -2.13. The van der Waals surface area contributed by atoms with E-state index in [4.69, 9.17) is 9.15 Å². The first-order valence-electron chi connectivity index (χ1n) is 8.27. The topological polar surface area (TPSA) is 153 Å². The third kappa shape index (κ3) is 3.81. The number of nitrogens with zero attached hydrogens (tertiary/aromatic N) is 2. The molecule has 30 heavy (non-hydrogen) atoms. The average Bonchev–Trinajstić information content (AvgIpc) is 3.00. The Balaban J connectivity index is 1.99. The Morgan fingerprint density at radius 3 is 2.50 bits per heavy atom. The molecular weight excluding hydrogens is 407 g/mol. The number of hydroxylamine groups is 2. The van der Waals surface area contributed by atoms with Crippen molar-refractivity contribution in [2.75, 3.05) is 6.79 Å². The van der Waals surface area contributed by atoms with E-state index >= 15 is 0 Å². The summed E-state index contributed by atoms with van der Waals surface area (Å²) in [6.07, 6.45) is -0.295. The Morgan fingerprint density at radius 1 is 1.23 bits per heavy atom. The summed E-state index contributed by atoms with van der Waals surface area (Å²) in [7, 11) is 0. The Labute approximate surface area is 166 Å². The molecule has 0 bridgehead atoms. The summed E-state index contributed by atoms with van der Waals surface area (Å²) in [6.45, 7) is 0.396. The minimum absolute atomic E-state index is 0.148. The molecule has 0 aliphatic carbocycles. The molecule has 1 aromatic carbocycles. The molecule has 1 aromatic heterocycles. The van der Waals surface area contributed by atoms with Gasteiger partial charge in [0.05, 0.1) is 0 Å². The van der Waals surface area contributed by atoms with Crippen molar-refractivity contribution < 1.29 is 42.3 Å². The van der Waals surface area contributed by atoms with Crippen molar-refractivity contribution in [1.82, 2.24) is 5.06 Å². The van der Waals surface area contributed by atoms with Crippen LogP contribution in [0.25, 0.3) is 11.0 Å². The number of amides is 2. The van der Waals surface area contributed by atoms with Gasteiger partial charge >= 0.3 is 17.6 Å². The predicted octanol–water partition coefficient (Wildman–Crippen LogP) is 0.924. The number of benzene rings is 1. The second-order valence-corrected chi connectivity index (χ2v) is 5.90. The van der Waals surface area contributed by atoms with Gasteiger partial charge < -0.3 is 18.7 Å². The molecule has 2 amide bonds. The van der Waals surface area contributed by atoms with Crippen molar-refractivity contribution in [3.63, 3.8) is 0 Å².